The molecule has 0 aliphatic heterocycles. The zero-order valence-corrected chi connectivity index (χ0v) is 16.4. The number of rotatable bonds is 5. The van der Waals surface area contributed by atoms with Crippen molar-refractivity contribution in [1.82, 2.24) is 0 Å². The van der Waals surface area contributed by atoms with E-state index in [9.17, 15) is 14.4 Å². The van der Waals surface area contributed by atoms with E-state index in [0.717, 1.165) is 16.5 Å². The minimum atomic E-state index is -0.567. The second kappa shape index (κ2) is 8.60. The van der Waals surface area contributed by atoms with Gasteiger partial charge in [0, 0.05) is 22.7 Å². The molecule has 1 aromatic heterocycles. The Labute approximate surface area is 167 Å². The van der Waals surface area contributed by atoms with Gasteiger partial charge < -0.3 is 13.9 Å². The van der Waals surface area contributed by atoms with Gasteiger partial charge in [0.25, 0.3) is 0 Å². The van der Waals surface area contributed by atoms with Crippen LogP contribution in [0.15, 0.2) is 51.7 Å². The Morgan fingerprint density at radius 2 is 1.76 bits per heavy atom. The summed E-state index contributed by atoms with van der Waals surface area (Å²) >= 11 is 0. The second-order valence-corrected chi connectivity index (χ2v) is 6.47. The summed E-state index contributed by atoms with van der Waals surface area (Å²) in [7, 11) is 0. The second-order valence-electron chi connectivity index (χ2n) is 6.47. The first kappa shape index (κ1) is 20.1. The summed E-state index contributed by atoms with van der Waals surface area (Å²) in [5.74, 6) is -0.544. The molecule has 0 aliphatic carbocycles. The molecule has 0 saturated carbocycles. The molecule has 0 aliphatic rings. The Hall–Kier alpha value is -3.61. The van der Waals surface area contributed by atoms with Crippen molar-refractivity contribution in [1.29, 1.82) is 0 Å². The van der Waals surface area contributed by atoms with E-state index < -0.39 is 17.7 Å². The molecule has 0 fully saturated rings. The highest BCUT2D eigenvalue weighted by molar-refractivity contribution is 5.91. The number of carbonyl (C=O) groups excluding carboxylic acids is 2. The fraction of sp³-hybridized carbons (Fsp3) is 0.227. The third-order valence-electron chi connectivity index (χ3n) is 4.52. The van der Waals surface area contributed by atoms with Crippen LogP contribution in [-0.2, 0) is 16.1 Å². The molecule has 0 radical (unpaired) electrons. The number of ether oxygens (including phenoxy) is 2. The maximum Gasteiger partial charge on any atom is 0.411 e. The number of nitrogens with one attached hydrogen (secondary N) is 1. The Morgan fingerprint density at radius 1 is 1.03 bits per heavy atom. The van der Waals surface area contributed by atoms with Gasteiger partial charge in [0.05, 0.1) is 12.2 Å². The molecule has 0 saturated heterocycles. The zero-order chi connectivity index (χ0) is 21.0. The lowest BCUT2D eigenvalue weighted by Crippen LogP contribution is -2.13. The van der Waals surface area contributed by atoms with Gasteiger partial charge in [-0.25, -0.2) is 14.4 Å². The smallest absolute Gasteiger partial charge is 0.411 e. The van der Waals surface area contributed by atoms with Crippen LogP contribution >= 0.6 is 0 Å². The van der Waals surface area contributed by atoms with E-state index in [-0.39, 0.29) is 13.2 Å². The molecule has 2 aromatic carbocycles. The van der Waals surface area contributed by atoms with Crippen LogP contribution < -0.4 is 10.9 Å². The Morgan fingerprint density at radius 3 is 2.45 bits per heavy atom. The number of carbonyl (C=O) groups is 2. The SMILES string of the molecule is CCOC(=O)Nc1ccc(C(=O)OCc2cc(=O)oc3c(C)c(C)ccc23)cc1. The van der Waals surface area contributed by atoms with Crippen molar-refractivity contribution in [3.8, 4) is 0 Å². The zero-order valence-electron chi connectivity index (χ0n) is 16.4. The molecule has 1 amide bonds. The number of anilines is 1. The molecule has 1 N–H and O–H groups in total. The average molecular weight is 395 g/mol. The molecule has 0 spiro atoms. The summed E-state index contributed by atoms with van der Waals surface area (Å²) in [5, 5.41) is 3.28. The molecule has 29 heavy (non-hydrogen) atoms. The summed E-state index contributed by atoms with van der Waals surface area (Å²) < 4.78 is 15.5. The van der Waals surface area contributed by atoms with Gasteiger partial charge in [-0.1, -0.05) is 12.1 Å². The number of esters is 1. The first-order valence-electron chi connectivity index (χ1n) is 9.13. The highest BCUT2D eigenvalue weighted by atomic mass is 16.5. The Balaban J connectivity index is 1.73. The van der Waals surface area contributed by atoms with Crippen molar-refractivity contribution in [2.45, 2.75) is 27.4 Å². The summed E-state index contributed by atoms with van der Waals surface area (Å²) in [6.45, 7) is 5.72. The monoisotopic (exact) mass is 395 g/mol. The molecule has 7 nitrogen and oxygen atoms in total. The third kappa shape index (κ3) is 4.63. The summed E-state index contributed by atoms with van der Waals surface area (Å²) in [4.78, 5) is 35.7. The number of benzene rings is 2. The fourth-order valence-corrected chi connectivity index (χ4v) is 2.85. The Kier molecular flexibility index (Phi) is 5.97. The van der Waals surface area contributed by atoms with Crippen LogP contribution in [0.4, 0.5) is 10.5 Å². The number of hydrogen-bond acceptors (Lipinski definition) is 6. The van der Waals surface area contributed by atoms with Crippen molar-refractivity contribution in [2.75, 3.05) is 11.9 Å². The van der Waals surface area contributed by atoms with E-state index in [1.165, 1.54) is 18.2 Å². The van der Waals surface area contributed by atoms with E-state index >= 15 is 0 Å². The van der Waals surface area contributed by atoms with E-state index in [0.29, 0.717) is 22.4 Å². The van der Waals surface area contributed by atoms with Crippen LogP contribution in [-0.4, -0.2) is 18.7 Å². The van der Waals surface area contributed by atoms with Crippen LogP contribution in [0, 0.1) is 13.8 Å². The van der Waals surface area contributed by atoms with Crippen LogP contribution in [0.2, 0.25) is 0 Å². The minimum Gasteiger partial charge on any atom is -0.457 e. The number of hydrogen-bond donors (Lipinski definition) is 1. The molecule has 7 heteroatoms. The molecule has 3 rings (SSSR count). The maximum atomic E-state index is 12.4. The van der Waals surface area contributed by atoms with Gasteiger partial charge in [-0.2, -0.15) is 0 Å². The highest BCUT2D eigenvalue weighted by Gasteiger charge is 2.13. The van der Waals surface area contributed by atoms with E-state index in [2.05, 4.69) is 5.32 Å². The molecule has 0 unspecified atom stereocenters. The predicted molar refractivity (Wildman–Crippen MR) is 108 cm³/mol. The molecular weight excluding hydrogens is 374 g/mol. The van der Waals surface area contributed by atoms with Crippen LogP contribution in [0.5, 0.6) is 0 Å². The largest absolute Gasteiger partial charge is 0.457 e. The first-order valence-corrected chi connectivity index (χ1v) is 9.13. The lowest BCUT2D eigenvalue weighted by Gasteiger charge is -2.10. The first-order chi connectivity index (χ1) is 13.9. The molecule has 150 valence electrons. The highest BCUT2D eigenvalue weighted by Crippen LogP contribution is 2.24. The van der Waals surface area contributed by atoms with E-state index in [1.54, 1.807) is 19.1 Å². The van der Waals surface area contributed by atoms with Gasteiger partial charge in [0.1, 0.15) is 12.2 Å². The van der Waals surface area contributed by atoms with Crippen LogP contribution in [0.3, 0.4) is 0 Å². The molecule has 1 heterocycles. The predicted octanol–water partition coefficient (Wildman–Crippen LogP) is 4.34. The normalized spacial score (nSPS) is 10.6. The van der Waals surface area contributed by atoms with E-state index in [1.807, 2.05) is 26.0 Å². The van der Waals surface area contributed by atoms with Crippen molar-refractivity contribution >= 4 is 28.7 Å². The van der Waals surface area contributed by atoms with Crippen molar-refractivity contribution < 1.29 is 23.5 Å². The Bertz CT molecular complexity index is 1110. The van der Waals surface area contributed by atoms with Crippen molar-refractivity contribution in [2.24, 2.45) is 0 Å². The van der Waals surface area contributed by atoms with Gasteiger partial charge in [-0.15, -0.1) is 0 Å². The molecular formula is C22H21NO6. The molecule has 0 atom stereocenters. The number of fused-ring (bicyclic) bond motifs is 1. The van der Waals surface area contributed by atoms with Gasteiger partial charge >= 0.3 is 17.7 Å². The topological polar surface area (TPSA) is 94.8 Å². The minimum absolute atomic E-state index is 0.0632. The van der Waals surface area contributed by atoms with Gasteiger partial charge in [-0.3, -0.25) is 5.32 Å². The lowest BCUT2D eigenvalue weighted by atomic mass is 10.0. The lowest BCUT2D eigenvalue weighted by molar-refractivity contribution is 0.0474. The summed E-state index contributed by atoms with van der Waals surface area (Å²) in [5.41, 5.74) is 3.28. The quantitative estimate of drug-likeness (QED) is 0.510. The third-order valence-corrected chi connectivity index (χ3v) is 4.52. The summed E-state index contributed by atoms with van der Waals surface area (Å²) in [6.07, 6.45) is -0.567. The number of amides is 1. The fourth-order valence-electron chi connectivity index (χ4n) is 2.85. The van der Waals surface area contributed by atoms with Crippen LogP contribution in [0.1, 0.15) is 34.0 Å². The number of aryl methyl sites for hydroxylation is 2. The van der Waals surface area contributed by atoms with Crippen molar-refractivity contribution in [3.63, 3.8) is 0 Å². The maximum absolute atomic E-state index is 12.4. The average Bonchev–Trinajstić information content (AvgIpc) is 2.69. The molecule has 3 aromatic rings. The van der Waals surface area contributed by atoms with Gasteiger partial charge in [0.2, 0.25) is 0 Å². The molecule has 0 bridgehead atoms. The van der Waals surface area contributed by atoms with Crippen molar-refractivity contribution in [3.05, 3.63) is 75.1 Å². The van der Waals surface area contributed by atoms with Gasteiger partial charge in [-0.05, 0) is 56.2 Å². The standard InChI is InChI=1S/C22H21NO6/c1-4-27-22(26)23-17-8-6-15(7-9-17)21(25)28-12-16-11-19(24)29-20-14(3)13(2)5-10-18(16)20/h5-11H,4,12H2,1-3H3,(H,23,26). The van der Waals surface area contributed by atoms with Crippen LogP contribution in [0.25, 0.3) is 11.0 Å². The summed E-state index contributed by atoms with van der Waals surface area (Å²) in [6, 6.07) is 11.3. The van der Waals surface area contributed by atoms with Gasteiger partial charge in [0.15, 0.2) is 0 Å². The van der Waals surface area contributed by atoms with E-state index in [4.69, 9.17) is 13.9 Å².